The Morgan fingerprint density at radius 3 is 2.67 bits per heavy atom. The van der Waals surface area contributed by atoms with Crippen LogP contribution in [0.15, 0.2) is 22.7 Å². The van der Waals surface area contributed by atoms with E-state index in [2.05, 4.69) is 21.2 Å². The average Bonchev–Trinajstić information content (AvgIpc) is 2.57. The number of carbonyl (C=O) groups is 1. The monoisotopic (exact) mass is 331 g/mol. The summed E-state index contributed by atoms with van der Waals surface area (Å²) in [7, 11) is -3.02. The summed E-state index contributed by atoms with van der Waals surface area (Å²) >= 11 is 3.36. The zero-order chi connectivity index (χ0) is 13.3. The minimum atomic E-state index is -3.02. The zero-order valence-corrected chi connectivity index (χ0v) is 12.3. The molecule has 6 heteroatoms. The first-order valence-corrected chi connectivity index (χ1v) is 8.26. The van der Waals surface area contributed by atoms with Gasteiger partial charge in [0.2, 0.25) is 5.91 Å². The third-order valence-electron chi connectivity index (χ3n) is 2.91. The SMILES string of the molecule is Cc1cc(Br)cc(NC(=O)C2CCS(=O)(=O)C2)c1. The topological polar surface area (TPSA) is 63.2 Å². The van der Waals surface area contributed by atoms with Crippen molar-refractivity contribution in [1.29, 1.82) is 0 Å². The molecule has 1 aliphatic rings. The zero-order valence-electron chi connectivity index (χ0n) is 9.94. The molecule has 0 spiro atoms. The van der Waals surface area contributed by atoms with Gasteiger partial charge in [0.05, 0.1) is 17.4 Å². The van der Waals surface area contributed by atoms with Crippen LogP contribution in [-0.2, 0) is 14.6 Å². The van der Waals surface area contributed by atoms with E-state index in [0.29, 0.717) is 12.1 Å². The fourth-order valence-electron chi connectivity index (χ4n) is 2.05. The lowest BCUT2D eigenvalue weighted by Gasteiger charge is -2.10. The number of carbonyl (C=O) groups excluding carboxylic acids is 1. The van der Waals surface area contributed by atoms with Crippen molar-refractivity contribution >= 4 is 37.4 Å². The van der Waals surface area contributed by atoms with E-state index in [1.54, 1.807) is 6.07 Å². The largest absolute Gasteiger partial charge is 0.326 e. The van der Waals surface area contributed by atoms with Crippen LogP contribution < -0.4 is 5.32 Å². The fourth-order valence-corrected chi connectivity index (χ4v) is 4.40. The summed E-state index contributed by atoms with van der Waals surface area (Å²) in [5.74, 6) is -0.558. The number of hydrogen-bond acceptors (Lipinski definition) is 3. The van der Waals surface area contributed by atoms with Crippen LogP contribution >= 0.6 is 15.9 Å². The van der Waals surface area contributed by atoms with Crippen LogP contribution in [0.4, 0.5) is 5.69 Å². The molecular weight excluding hydrogens is 318 g/mol. The molecule has 98 valence electrons. The van der Waals surface area contributed by atoms with Gasteiger partial charge < -0.3 is 5.32 Å². The predicted octanol–water partition coefficient (Wildman–Crippen LogP) is 2.13. The molecular formula is C12H14BrNO3S. The number of aryl methyl sites for hydroxylation is 1. The number of amides is 1. The molecule has 0 aliphatic carbocycles. The molecule has 1 saturated heterocycles. The Labute approximate surface area is 115 Å². The van der Waals surface area contributed by atoms with E-state index < -0.39 is 15.8 Å². The van der Waals surface area contributed by atoms with E-state index in [1.807, 2.05) is 19.1 Å². The van der Waals surface area contributed by atoms with Crippen molar-refractivity contribution in [2.45, 2.75) is 13.3 Å². The molecule has 1 N–H and O–H groups in total. The number of anilines is 1. The first kappa shape index (κ1) is 13.5. The summed E-state index contributed by atoms with van der Waals surface area (Å²) < 4.78 is 23.5. The molecule has 1 aromatic carbocycles. The van der Waals surface area contributed by atoms with Crippen molar-refractivity contribution < 1.29 is 13.2 Å². The lowest BCUT2D eigenvalue weighted by atomic mass is 10.1. The van der Waals surface area contributed by atoms with Crippen LogP contribution in [0.25, 0.3) is 0 Å². The Bertz CT molecular complexity index is 563. The third kappa shape index (κ3) is 3.32. The van der Waals surface area contributed by atoms with Crippen molar-refractivity contribution in [3.8, 4) is 0 Å². The molecule has 4 nitrogen and oxygen atoms in total. The number of nitrogens with one attached hydrogen (secondary N) is 1. The Balaban J connectivity index is 2.08. The molecule has 2 rings (SSSR count). The Morgan fingerprint density at radius 1 is 1.39 bits per heavy atom. The van der Waals surface area contributed by atoms with Gasteiger partial charge in [-0.15, -0.1) is 0 Å². The van der Waals surface area contributed by atoms with Crippen LogP contribution in [0.5, 0.6) is 0 Å². The first-order chi connectivity index (χ1) is 8.35. The summed E-state index contributed by atoms with van der Waals surface area (Å²) in [6.07, 6.45) is 0.418. The van der Waals surface area contributed by atoms with Gasteiger partial charge in [-0.05, 0) is 37.1 Å². The Hall–Kier alpha value is -0.880. The highest BCUT2D eigenvalue weighted by atomic mass is 79.9. The molecule has 0 saturated carbocycles. The predicted molar refractivity (Wildman–Crippen MR) is 74.3 cm³/mol. The lowest BCUT2D eigenvalue weighted by Crippen LogP contribution is -2.23. The number of halogens is 1. The molecule has 1 aromatic rings. The first-order valence-electron chi connectivity index (χ1n) is 5.64. The smallest absolute Gasteiger partial charge is 0.228 e. The van der Waals surface area contributed by atoms with Gasteiger partial charge in [0, 0.05) is 10.2 Å². The highest BCUT2D eigenvalue weighted by molar-refractivity contribution is 9.10. The van der Waals surface area contributed by atoms with Gasteiger partial charge in [-0.2, -0.15) is 0 Å². The maximum Gasteiger partial charge on any atom is 0.228 e. The van der Waals surface area contributed by atoms with E-state index >= 15 is 0 Å². The van der Waals surface area contributed by atoms with Crippen LogP contribution in [0.2, 0.25) is 0 Å². The van der Waals surface area contributed by atoms with E-state index in [9.17, 15) is 13.2 Å². The quantitative estimate of drug-likeness (QED) is 0.902. The van der Waals surface area contributed by atoms with Gasteiger partial charge in [-0.1, -0.05) is 15.9 Å². The summed E-state index contributed by atoms with van der Waals surface area (Å²) in [6.45, 7) is 1.93. The standard InChI is InChI=1S/C12H14BrNO3S/c1-8-4-10(13)6-11(5-8)14-12(15)9-2-3-18(16,17)7-9/h4-6,9H,2-3,7H2,1H3,(H,14,15). The number of benzene rings is 1. The second-order valence-corrected chi connectivity index (χ2v) is 7.75. The summed E-state index contributed by atoms with van der Waals surface area (Å²) in [5, 5.41) is 2.77. The second kappa shape index (κ2) is 5.01. The Kier molecular flexibility index (Phi) is 3.77. The molecule has 1 amide bonds. The van der Waals surface area contributed by atoms with E-state index in [4.69, 9.17) is 0 Å². The molecule has 0 aromatic heterocycles. The molecule has 1 fully saturated rings. The van der Waals surface area contributed by atoms with Crippen molar-refractivity contribution in [2.75, 3.05) is 16.8 Å². The van der Waals surface area contributed by atoms with E-state index in [1.165, 1.54) is 0 Å². The number of rotatable bonds is 2. The molecule has 18 heavy (non-hydrogen) atoms. The van der Waals surface area contributed by atoms with Crippen LogP contribution in [0.1, 0.15) is 12.0 Å². The maximum atomic E-state index is 11.9. The summed E-state index contributed by atoms with van der Waals surface area (Å²) in [5.41, 5.74) is 1.72. The van der Waals surface area contributed by atoms with Crippen molar-refractivity contribution in [3.05, 3.63) is 28.2 Å². The average molecular weight is 332 g/mol. The normalized spacial score (nSPS) is 21.8. The molecule has 1 atom stereocenters. The molecule has 0 bridgehead atoms. The van der Waals surface area contributed by atoms with Crippen LogP contribution in [0.3, 0.4) is 0 Å². The van der Waals surface area contributed by atoms with Gasteiger partial charge in [0.15, 0.2) is 9.84 Å². The third-order valence-corrected chi connectivity index (χ3v) is 5.14. The van der Waals surface area contributed by atoms with Gasteiger partial charge >= 0.3 is 0 Å². The lowest BCUT2D eigenvalue weighted by molar-refractivity contribution is -0.119. The minimum Gasteiger partial charge on any atom is -0.326 e. The van der Waals surface area contributed by atoms with Gasteiger partial charge in [0.1, 0.15) is 0 Å². The van der Waals surface area contributed by atoms with Gasteiger partial charge in [-0.25, -0.2) is 8.42 Å². The van der Waals surface area contributed by atoms with Crippen molar-refractivity contribution in [2.24, 2.45) is 5.92 Å². The molecule has 1 unspecified atom stereocenters. The number of sulfone groups is 1. The highest BCUT2D eigenvalue weighted by Crippen LogP contribution is 2.23. The molecule has 1 heterocycles. The minimum absolute atomic E-state index is 0.0359. The van der Waals surface area contributed by atoms with Crippen molar-refractivity contribution in [1.82, 2.24) is 0 Å². The van der Waals surface area contributed by atoms with Crippen molar-refractivity contribution in [3.63, 3.8) is 0 Å². The molecule has 1 aliphatic heterocycles. The molecule has 0 radical (unpaired) electrons. The van der Waals surface area contributed by atoms with Gasteiger partial charge in [-0.3, -0.25) is 4.79 Å². The number of hydrogen-bond donors (Lipinski definition) is 1. The summed E-state index contributed by atoms with van der Waals surface area (Å²) in [6, 6.07) is 5.59. The second-order valence-electron chi connectivity index (χ2n) is 4.61. The highest BCUT2D eigenvalue weighted by Gasteiger charge is 2.32. The van der Waals surface area contributed by atoms with Crippen LogP contribution in [0, 0.1) is 12.8 Å². The van der Waals surface area contributed by atoms with E-state index in [0.717, 1.165) is 10.0 Å². The Morgan fingerprint density at radius 2 is 2.11 bits per heavy atom. The maximum absolute atomic E-state index is 11.9. The van der Waals surface area contributed by atoms with Gasteiger partial charge in [0.25, 0.3) is 0 Å². The van der Waals surface area contributed by atoms with E-state index in [-0.39, 0.29) is 17.4 Å². The fraction of sp³-hybridized carbons (Fsp3) is 0.417. The summed E-state index contributed by atoms with van der Waals surface area (Å²) in [4.78, 5) is 11.9. The van der Waals surface area contributed by atoms with Crippen LogP contribution in [-0.4, -0.2) is 25.8 Å².